The Bertz CT molecular complexity index is 1320. The summed E-state index contributed by atoms with van der Waals surface area (Å²) in [6.07, 6.45) is 2.70. The van der Waals surface area contributed by atoms with Crippen LogP contribution in [-0.2, 0) is 11.3 Å². The topological polar surface area (TPSA) is 125 Å². The van der Waals surface area contributed by atoms with Crippen molar-refractivity contribution in [2.24, 2.45) is 0 Å². The number of rotatable bonds is 5. The first-order valence-corrected chi connectivity index (χ1v) is 8.97. The number of aryl methyl sites for hydroxylation is 1. The molecule has 1 amide bonds. The number of benzene rings is 2. The van der Waals surface area contributed by atoms with Crippen molar-refractivity contribution in [2.45, 2.75) is 13.5 Å². The molecule has 0 atom stereocenters. The summed E-state index contributed by atoms with van der Waals surface area (Å²) in [5, 5.41) is 17.9. The number of aromatic nitrogens is 4. The molecule has 0 aliphatic rings. The number of carbonyl (C=O) groups is 1. The Morgan fingerprint density at radius 2 is 1.97 bits per heavy atom. The zero-order valence-electron chi connectivity index (χ0n) is 15.8. The molecule has 0 fully saturated rings. The lowest BCUT2D eigenvalue weighted by Crippen LogP contribution is -2.27. The lowest BCUT2D eigenvalue weighted by atomic mass is 10.2. The molecule has 2 heterocycles. The molecule has 10 nitrogen and oxygen atoms in total. The lowest BCUT2D eigenvalue weighted by molar-refractivity contribution is -0.384. The van der Waals surface area contributed by atoms with Crippen LogP contribution in [0.3, 0.4) is 0 Å². The average molecular weight is 404 g/mol. The van der Waals surface area contributed by atoms with Gasteiger partial charge in [0.25, 0.3) is 11.2 Å². The highest BCUT2D eigenvalue weighted by molar-refractivity contribution is 5.91. The van der Waals surface area contributed by atoms with Gasteiger partial charge < -0.3 is 5.32 Å². The number of hydrogen-bond acceptors (Lipinski definition) is 6. The Morgan fingerprint density at radius 1 is 1.20 bits per heavy atom. The molecule has 2 aromatic carbocycles. The Labute approximate surface area is 169 Å². The summed E-state index contributed by atoms with van der Waals surface area (Å²) < 4.78 is 2.72. The van der Waals surface area contributed by atoms with Gasteiger partial charge in [-0.25, -0.2) is 9.67 Å². The highest BCUT2D eigenvalue weighted by atomic mass is 16.6. The van der Waals surface area contributed by atoms with Gasteiger partial charge in [-0.1, -0.05) is 23.8 Å². The van der Waals surface area contributed by atoms with Gasteiger partial charge in [-0.3, -0.25) is 24.3 Å². The van der Waals surface area contributed by atoms with Crippen LogP contribution >= 0.6 is 0 Å². The Kier molecular flexibility index (Phi) is 4.80. The molecule has 0 saturated carbocycles. The maximum absolute atomic E-state index is 12.8. The van der Waals surface area contributed by atoms with E-state index in [1.165, 1.54) is 36.8 Å². The van der Waals surface area contributed by atoms with Crippen molar-refractivity contribution < 1.29 is 9.72 Å². The van der Waals surface area contributed by atoms with Crippen molar-refractivity contribution in [3.05, 3.63) is 87.1 Å². The number of hydrogen-bond donors (Lipinski definition) is 1. The van der Waals surface area contributed by atoms with Gasteiger partial charge in [0.05, 0.1) is 16.8 Å². The molecule has 4 rings (SSSR count). The summed E-state index contributed by atoms with van der Waals surface area (Å²) in [5.74, 6) is -0.510. The summed E-state index contributed by atoms with van der Waals surface area (Å²) in [6, 6.07) is 13.2. The van der Waals surface area contributed by atoms with E-state index < -0.39 is 16.4 Å². The predicted molar refractivity (Wildman–Crippen MR) is 110 cm³/mol. The van der Waals surface area contributed by atoms with Crippen LogP contribution in [-0.4, -0.2) is 30.2 Å². The Hall–Kier alpha value is -4.34. The smallest absolute Gasteiger partial charge is 0.271 e. The molecule has 0 bridgehead atoms. The number of anilines is 1. The molecule has 10 heteroatoms. The zero-order chi connectivity index (χ0) is 21.3. The van der Waals surface area contributed by atoms with Crippen LogP contribution in [0.2, 0.25) is 0 Å². The van der Waals surface area contributed by atoms with Gasteiger partial charge in [0.2, 0.25) is 5.91 Å². The fraction of sp³-hybridized carbons (Fsp3) is 0.100. The molecule has 0 radical (unpaired) electrons. The van der Waals surface area contributed by atoms with Gasteiger partial charge in [-0.05, 0) is 25.1 Å². The van der Waals surface area contributed by atoms with Crippen molar-refractivity contribution in [3.8, 4) is 5.69 Å². The molecule has 150 valence electrons. The maximum Gasteiger partial charge on any atom is 0.271 e. The molecule has 0 spiro atoms. The number of carbonyl (C=O) groups excluding carboxylic acids is 1. The third kappa shape index (κ3) is 3.65. The van der Waals surface area contributed by atoms with Crippen LogP contribution in [0.1, 0.15) is 5.56 Å². The van der Waals surface area contributed by atoms with Crippen molar-refractivity contribution in [3.63, 3.8) is 0 Å². The average Bonchev–Trinajstić information content (AvgIpc) is 3.16. The van der Waals surface area contributed by atoms with Crippen LogP contribution in [0.15, 0.2) is 65.8 Å². The molecule has 1 N–H and O–H groups in total. The third-order valence-electron chi connectivity index (χ3n) is 4.49. The van der Waals surface area contributed by atoms with E-state index in [9.17, 15) is 19.7 Å². The van der Waals surface area contributed by atoms with E-state index in [2.05, 4.69) is 15.4 Å². The van der Waals surface area contributed by atoms with E-state index in [4.69, 9.17) is 0 Å². The van der Waals surface area contributed by atoms with Crippen molar-refractivity contribution in [1.82, 2.24) is 19.3 Å². The van der Waals surface area contributed by atoms with Crippen LogP contribution < -0.4 is 10.9 Å². The molecule has 30 heavy (non-hydrogen) atoms. The van der Waals surface area contributed by atoms with Crippen LogP contribution in [0, 0.1) is 17.0 Å². The van der Waals surface area contributed by atoms with E-state index in [1.54, 1.807) is 4.68 Å². The largest absolute Gasteiger partial charge is 0.324 e. The summed E-state index contributed by atoms with van der Waals surface area (Å²) in [7, 11) is 0. The van der Waals surface area contributed by atoms with Crippen molar-refractivity contribution >= 4 is 28.3 Å². The Morgan fingerprint density at radius 3 is 2.70 bits per heavy atom. The number of fused-ring (bicyclic) bond motifs is 1. The number of amides is 1. The normalized spacial score (nSPS) is 10.8. The number of nitro benzene ring substituents is 1. The van der Waals surface area contributed by atoms with E-state index in [0.717, 1.165) is 15.8 Å². The molecule has 0 unspecified atom stereocenters. The minimum atomic E-state index is -0.552. The predicted octanol–water partition coefficient (Wildman–Crippen LogP) is 2.44. The van der Waals surface area contributed by atoms with Gasteiger partial charge in [0.1, 0.15) is 18.3 Å². The second-order valence-electron chi connectivity index (χ2n) is 6.66. The quantitative estimate of drug-likeness (QED) is 0.402. The van der Waals surface area contributed by atoms with Gasteiger partial charge in [-0.2, -0.15) is 5.10 Å². The maximum atomic E-state index is 12.8. The van der Waals surface area contributed by atoms with E-state index in [0.29, 0.717) is 5.65 Å². The third-order valence-corrected chi connectivity index (χ3v) is 4.49. The Balaban J connectivity index is 1.58. The zero-order valence-corrected chi connectivity index (χ0v) is 15.8. The van der Waals surface area contributed by atoms with Gasteiger partial charge in [0.15, 0.2) is 5.65 Å². The number of nitrogens with zero attached hydrogens (tertiary/aromatic N) is 5. The van der Waals surface area contributed by atoms with Crippen LogP contribution in [0.4, 0.5) is 11.4 Å². The molecule has 0 aliphatic heterocycles. The van der Waals surface area contributed by atoms with Gasteiger partial charge in [-0.15, -0.1) is 0 Å². The molecule has 0 aliphatic carbocycles. The monoisotopic (exact) mass is 404 g/mol. The van der Waals surface area contributed by atoms with E-state index >= 15 is 0 Å². The molecule has 2 aromatic heterocycles. The highest BCUT2D eigenvalue weighted by Crippen LogP contribution is 2.17. The first-order valence-electron chi connectivity index (χ1n) is 8.97. The van der Waals surface area contributed by atoms with Crippen molar-refractivity contribution in [2.75, 3.05) is 5.32 Å². The first kappa shape index (κ1) is 19.0. The first-order chi connectivity index (χ1) is 14.4. The van der Waals surface area contributed by atoms with Crippen LogP contribution in [0.25, 0.3) is 16.7 Å². The van der Waals surface area contributed by atoms with Crippen LogP contribution in [0.5, 0.6) is 0 Å². The molecular formula is C20H16N6O4. The lowest BCUT2D eigenvalue weighted by Gasteiger charge is -2.08. The fourth-order valence-electron chi connectivity index (χ4n) is 2.99. The second-order valence-corrected chi connectivity index (χ2v) is 6.66. The summed E-state index contributed by atoms with van der Waals surface area (Å²) in [4.78, 5) is 39.7. The minimum Gasteiger partial charge on any atom is -0.324 e. The fourth-order valence-corrected chi connectivity index (χ4v) is 2.99. The number of non-ortho nitro benzene ring substituents is 1. The van der Waals surface area contributed by atoms with Gasteiger partial charge in [0, 0.05) is 17.8 Å². The van der Waals surface area contributed by atoms with Crippen molar-refractivity contribution in [1.29, 1.82) is 0 Å². The second kappa shape index (κ2) is 7.59. The highest BCUT2D eigenvalue weighted by Gasteiger charge is 2.14. The molecule has 4 aromatic rings. The number of nitrogens with one attached hydrogen (secondary N) is 1. The summed E-state index contributed by atoms with van der Waals surface area (Å²) in [6.45, 7) is 1.68. The van der Waals surface area contributed by atoms with E-state index in [-0.39, 0.29) is 23.3 Å². The molecule has 0 saturated heterocycles. The number of nitro groups is 1. The summed E-state index contributed by atoms with van der Waals surface area (Å²) >= 11 is 0. The summed E-state index contributed by atoms with van der Waals surface area (Å²) in [5.41, 5.74) is 1.97. The minimum absolute atomic E-state index is 0.142. The molecular weight excluding hydrogens is 388 g/mol. The SMILES string of the molecule is Cc1ccc(-n2ncc3c(=O)n(CC(=O)Nc4cccc([N+](=O)[O-])c4)cnc32)cc1. The van der Waals surface area contributed by atoms with E-state index in [1.807, 2.05) is 31.2 Å². The van der Waals surface area contributed by atoms with Gasteiger partial charge >= 0.3 is 0 Å². The standard InChI is InChI=1S/C20H16N6O4/c1-13-5-7-15(8-6-13)25-19-17(10-22-25)20(28)24(12-21-19)11-18(27)23-14-3-2-4-16(9-14)26(29)30/h2-10,12H,11H2,1H3,(H,23,27).